The Bertz CT molecular complexity index is 1140. The molecule has 0 radical (unpaired) electrons. The predicted molar refractivity (Wildman–Crippen MR) is 161 cm³/mol. The van der Waals surface area contributed by atoms with E-state index in [1.54, 1.807) is 12.1 Å². The number of aliphatic hydroxyl groups is 2. The van der Waals surface area contributed by atoms with Gasteiger partial charge in [-0.15, -0.1) is 0 Å². The maximum atomic E-state index is 12.8. The third-order valence-electron chi connectivity index (χ3n) is 10.3. The Morgan fingerprint density at radius 2 is 1.82 bits per heavy atom. The molecule has 4 fully saturated rings. The number of ether oxygens (including phenoxy) is 1. The number of aliphatic hydroxyl groups excluding tert-OH is 2. The van der Waals surface area contributed by atoms with Crippen molar-refractivity contribution in [1.29, 1.82) is 0 Å². The van der Waals surface area contributed by atoms with Crippen molar-refractivity contribution in [2.24, 2.45) is 11.7 Å². The molecule has 5 aliphatic rings. The molecule has 1 aliphatic carbocycles. The van der Waals surface area contributed by atoms with E-state index in [-0.39, 0.29) is 36.1 Å². The normalized spacial score (nSPS) is 37.6. The van der Waals surface area contributed by atoms with Gasteiger partial charge in [-0.2, -0.15) is 13.2 Å². The lowest BCUT2D eigenvalue weighted by molar-refractivity contribution is -0.133. The van der Waals surface area contributed by atoms with Gasteiger partial charge in [-0.25, -0.2) is 4.90 Å². The molecule has 0 bridgehead atoms. The summed E-state index contributed by atoms with van der Waals surface area (Å²) in [5.74, 6) is 0.555. The molecule has 4 aliphatic heterocycles. The zero-order valence-electron chi connectivity index (χ0n) is 25.8. The fourth-order valence-electron chi connectivity index (χ4n) is 7.83. The van der Waals surface area contributed by atoms with Crippen molar-refractivity contribution in [2.45, 2.75) is 120 Å². The third-order valence-corrected chi connectivity index (χ3v) is 10.3. The van der Waals surface area contributed by atoms with Crippen LogP contribution in [-0.2, 0) is 11.2 Å². The monoisotopic (exact) mass is 626 g/mol. The number of halogens is 3. The first-order valence-electron chi connectivity index (χ1n) is 16.1. The quantitative estimate of drug-likeness (QED) is 0.203. The summed E-state index contributed by atoms with van der Waals surface area (Å²) in [5.41, 5.74) is 8.17. The van der Waals surface area contributed by atoms with Crippen molar-refractivity contribution in [2.75, 3.05) is 37.1 Å². The molecule has 8 N–H and O–H groups in total. The van der Waals surface area contributed by atoms with Gasteiger partial charge in [-0.05, 0) is 69.7 Å². The molecule has 6 rings (SSSR count). The fraction of sp³-hybridized carbons (Fsp3) is 0.800. The summed E-state index contributed by atoms with van der Waals surface area (Å²) in [6.07, 6.45) is -4.55. The Hall–Kier alpha value is -1.75. The molecule has 0 amide bonds. The van der Waals surface area contributed by atoms with Gasteiger partial charge in [-0.3, -0.25) is 20.4 Å². The number of nitrogens with zero attached hydrogens (tertiary/aromatic N) is 3. The summed E-state index contributed by atoms with van der Waals surface area (Å²) in [6, 6.07) is 5.47. The number of nitrogens with one attached hydrogen (secondary N) is 4. The van der Waals surface area contributed by atoms with E-state index in [0.29, 0.717) is 31.8 Å². The number of alkyl halides is 3. The van der Waals surface area contributed by atoms with Gasteiger partial charge in [-0.1, -0.05) is 13.0 Å². The molecule has 44 heavy (non-hydrogen) atoms. The molecule has 1 aromatic rings. The van der Waals surface area contributed by atoms with E-state index >= 15 is 0 Å². The molecule has 4 unspecified atom stereocenters. The molecule has 0 spiro atoms. The van der Waals surface area contributed by atoms with E-state index in [2.05, 4.69) is 56.7 Å². The number of benzene rings is 1. The van der Waals surface area contributed by atoms with Gasteiger partial charge in [0.1, 0.15) is 24.5 Å². The van der Waals surface area contributed by atoms with Crippen LogP contribution in [0.1, 0.15) is 52.0 Å². The molecule has 3 saturated heterocycles. The molecular weight excluding hydrogens is 577 g/mol. The van der Waals surface area contributed by atoms with E-state index in [0.717, 1.165) is 43.6 Å². The summed E-state index contributed by atoms with van der Waals surface area (Å²) in [4.78, 5) is 6.76. The lowest BCUT2D eigenvalue weighted by Gasteiger charge is -2.46. The van der Waals surface area contributed by atoms with Crippen LogP contribution in [0.4, 0.5) is 24.5 Å². The number of nitrogens with two attached hydrogens (primary N) is 1. The fourth-order valence-corrected chi connectivity index (χ4v) is 7.83. The van der Waals surface area contributed by atoms with Crippen molar-refractivity contribution in [3.63, 3.8) is 0 Å². The molecule has 4 heterocycles. The van der Waals surface area contributed by atoms with E-state index in [1.807, 2.05) is 0 Å². The third kappa shape index (κ3) is 6.56. The van der Waals surface area contributed by atoms with Crippen LogP contribution >= 0.6 is 0 Å². The standard InChI is InChI=1S/C30H49F3N8O3/c1-4-39-14-36-27(34)24-28(39)41(15-35-24)29-26(43)25(42)22(44-29)13-40(16(2)3)19-9-17(10-19)6-8-23-37-20-7-5-18(11-21(20)38-23)12-30(31,32)33/h5,7,11,16-17,19,22-29,35-38,42-43H,4,6,8-10,12-15,34H2,1-3H3/t17?,19?,22-,23?,24?,25-,26-,27?,28?,29-/m1/s1. The Balaban J connectivity index is 0.990. The van der Waals surface area contributed by atoms with Crippen molar-refractivity contribution < 1.29 is 28.1 Å². The second-order valence-corrected chi connectivity index (χ2v) is 13.5. The van der Waals surface area contributed by atoms with E-state index < -0.39 is 37.1 Å². The van der Waals surface area contributed by atoms with Crippen LogP contribution in [-0.4, -0.2) is 119 Å². The highest BCUT2D eigenvalue weighted by Gasteiger charge is 2.53. The number of fused-ring (bicyclic) bond motifs is 2. The number of hydrogen-bond acceptors (Lipinski definition) is 11. The van der Waals surface area contributed by atoms with E-state index in [4.69, 9.17) is 10.5 Å². The Labute approximate surface area is 257 Å². The van der Waals surface area contributed by atoms with Gasteiger partial charge < -0.3 is 31.3 Å². The van der Waals surface area contributed by atoms with Gasteiger partial charge in [0.15, 0.2) is 0 Å². The van der Waals surface area contributed by atoms with Crippen molar-refractivity contribution >= 4 is 11.4 Å². The van der Waals surface area contributed by atoms with Gasteiger partial charge in [0.05, 0.1) is 55.7 Å². The highest BCUT2D eigenvalue weighted by molar-refractivity contribution is 5.75. The first kappa shape index (κ1) is 32.2. The maximum absolute atomic E-state index is 12.8. The van der Waals surface area contributed by atoms with Gasteiger partial charge >= 0.3 is 6.18 Å². The summed E-state index contributed by atoms with van der Waals surface area (Å²) < 4.78 is 44.8. The Morgan fingerprint density at radius 1 is 1.07 bits per heavy atom. The smallest absolute Gasteiger partial charge is 0.387 e. The highest BCUT2D eigenvalue weighted by atomic mass is 19.4. The number of hydrogen-bond donors (Lipinski definition) is 7. The lowest BCUT2D eigenvalue weighted by Crippen LogP contribution is -2.69. The van der Waals surface area contributed by atoms with Crippen LogP contribution in [0.25, 0.3) is 0 Å². The second-order valence-electron chi connectivity index (χ2n) is 13.5. The van der Waals surface area contributed by atoms with Gasteiger partial charge in [0, 0.05) is 18.6 Å². The minimum Gasteiger partial charge on any atom is -0.387 e. The second kappa shape index (κ2) is 12.8. The topological polar surface area (TPSA) is 134 Å². The van der Waals surface area contributed by atoms with Gasteiger partial charge in [0.2, 0.25) is 0 Å². The molecule has 11 nitrogen and oxygen atoms in total. The van der Waals surface area contributed by atoms with Crippen LogP contribution in [0.5, 0.6) is 0 Å². The van der Waals surface area contributed by atoms with Crippen LogP contribution in [0, 0.1) is 5.92 Å². The highest BCUT2D eigenvalue weighted by Crippen LogP contribution is 2.40. The summed E-state index contributed by atoms with van der Waals surface area (Å²) in [5, 5.41) is 35.7. The number of likely N-dealkylation sites (N-methyl/N-ethyl adjacent to an activating group) is 1. The largest absolute Gasteiger partial charge is 0.393 e. The van der Waals surface area contributed by atoms with Crippen LogP contribution in [0.15, 0.2) is 18.2 Å². The Morgan fingerprint density at radius 3 is 2.52 bits per heavy atom. The van der Waals surface area contributed by atoms with E-state index in [1.165, 1.54) is 6.07 Å². The van der Waals surface area contributed by atoms with Crippen molar-refractivity contribution in [3.8, 4) is 0 Å². The molecule has 0 aromatic heterocycles. The van der Waals surface area contributed by atoms with Crippen molar-refractivity contribution in [3.05, 3.63) is 23.8 Å². The van der Waals surface area contributed by atoms with Gasteiger partial charge in [0.25, 0.3) is 0 Å². The summed E-state index contributed by atoms with van der Waals surface area (Å²) >= 11 is 0. The molecule has 14 heteroatoms. The molecule has 8 atom stereocenters. The summed E-state index contributed by atoms with van der Waals surface area (Å²) in [7, 11) is 0. The van der Waals surface area contributed by atoms with Crippen LogP contribution in [0.3, 0.4) is 0 Å². The van der Waals surface area contributed by atoms with Crippen molar-refractivity contribution in [1.82, 2.24) is 25.3 Å². The molecule has 1 aromatic carbocycles. The lowest BCUT2D eigenvalue weighted by atomic mass is 9.76. The first-order valence-corrected chi connectivity index (χ1v) is 16.1. The molecular formula is C30H49F3N8O3. The molecule has 248 valence electrons. The first-order chi connectivity index (χ1) is 20.9. The zero-order chi connectivity index (χ0) is 31.3. The SMILES string of the molecule is CCN1CNC(N)C2NCN([C@@H]3O[C@H](CN(C(C)C)C4CC(CCC5Nc6ccc(CC(F)(F)F)cc6N5)C4)[C@@H](O)[C@H]3O)C21. The number of anilines is 2. The van der Waals surface area contributed by atoms with E-state index in [9.17, 15) is 23.4 Å². The zero-order valence-corrected chi connectivity index (χ0v) is 25.8. The van der Waals surface area contributed by atoms with Crippen LogP contribution in [0.2, 0.25) is 0 Å². The number of rotatable bonds is 10. The molecule has 1 saturated carbocycles. The van der Waals surface area contributed by atoms with Crippen LogP contribution < -0.4 is 27.0 Å². The Kier molecular flexibility index (Phi) is 9.37. The predicted octanol–water partition coefficient (Wildman–Crippen LogP) is 1.40. The average Bonchev–Trinajstić information content (AvgIpc) is 3.63. The summed E-state index contributed by atoms with van der Waals surface area (Å²) in [6.45, 7) is 8.94. The average molecular weight is 627 g/mol. The minimum atomic E-state index is -4.22. The minimum absolute atomic E-state index is 0.00430. The maximum Gasteiger partial charge on any atom is 0.393 e.